The standard InChI is InChI=1S/C24H24ClN7O/c1-3-4-5-16(2)13-31-19(10-11-20(31)25)24(33)27-12-17-6-8-18(9-7-17)32-15-30-21-22(26)28-14-29-23(21)32/h3-11,14-15H,12-13H2,1-2H3,(H,27,33)(H2,26,28,29)/b4-3-,16-5+. The molecule has 4 aromatic rings. The molecule has 0 atom stereocenters. The molecule has 0 unspecified atom stereocenters. The first-order valence-corrected chi connectivity index (χ1v) is 10.8. The van der Waals surface area contributed by atoms with Crippen LogP contribution < -0.4 is 11.1 Å². The predicted molar refractivity (Wildman–Crippen MR) is 130 cm³/mol. The summed E-state index contributed by atoms with van der Waals surface area (Å²) in [6.45, 7) is 4.89. The van der Waals surface area contributed by atoms with Crippen molar-refractivity contribution in [1.82, 2.24) is 29.4 Å². The zero-order chi connectivity index (χ0) is 23.4. The lowest BCUT2D eigenvalue weighted by molar-refractivity contribution is 0.0942. The highest BCUT2D eigenvalue weighted by Gasteiger charge is 2.14. The SMILES string of the molecule is C/C=C\C=C(/C)Cn1c(Cl)ccc1C(=O)NCc1ccc(-n2cnc3c(N)ncnc32)cc1. The summed E-state index contributed by atoms with van der Waals surface area (Å²) in [7, 11) is 0. The average Bonchev–Trinajstić information content (AvgIpc) is 3.41. The fourth-order valence-corrected chi connectivity index (χ4v) is 3.67. The van der Waals surface area contributed by atoms with E-state index in [9.17, 15) is 4.79 Å². The van der Waals surface area contributed by atoms with Gasteiger partial charge in [0.05, 0.1) is 0 Å². The van der Waals surface area contributed by atoms with Crippen LogP contribution in [0.5, 0.6) is 0 Å². The third-order valence-electron chi connectivity index (χ3n) is 5.17. The average molecular weight is 462 g/mol. The number of aromatic nitrogens is 5. The Morgan fingerprint density at radius 2 is 1.94 bits per heavy atom. The Morgan fingerprint density at radius 3 is 2.70 bits per heavy atom. The van der Waals surface area contributed by atoms with Gasteiger partial charge in [0.15, 0.2) is 17.0 Å². The van der Waals surface area contributed by atoms with Gasteiger partial charge in [-0.1, -0.05) is 47.5 Å². The number of rotatable bonds is 7. The fraction of sp³-hybridized carbons (Fsp3) is 0.167. The van der Waals surface area contributed by atoms with E-state index in [0.29, 0.717) is 40.9 Å². The number of nitrogens with two attached hydrogens (primary N) is 1. The monoisotopic (exact) mass is 461 g/mol. The van der Waals surface area contributed by atoms with E-state index in [1.165, 1.54) is 6.33 Å². The molecule has 0 aliphatic rings. The van der Waals surface area contributed by atoms with Gasteiger partial charge in [-0.3, -0.25) is 9.36 Å². The van der Waals surface area contributed by atoms with Gasteiger partial charge in [0, 0.05) is 18.8 Å². The Labute approximate surface area is 196 Å². The maximum Gasteiger partial charge on any atom is 0.268 e. The van der Waals surface area contributed by atoms with Crippen molar-refractivity contribution in [2.45, 2.75) is 26.9 Å². The molecule has 1 amide bonds. The van der Waals surface area contributed by atoms with Crippen molar-refractivity contribution < 1.29 is 4.79 Å². The van der Waals surface area contributed by atoms with Crippen molar-refractivity contribution in [2.24, 2.45) is 0 Å². The van der Waals surface area contributed by atoms with Crippen molar-refractivity contribution in [1.29, 1.82) is 0 Å². The smallest absolute Gasteiger partial charge is 0.268 e. The van der Waals surface area contributed by atoms with Crippen LogP contribution in [0.25, 0.3) is 16.9 Å². The molecule has 4 rings (SSSR count). The number of carbonyl (C=O) groups excluding carboxylic acids is 1. The summed E-state index contributed by atoms with van der Waals surface area (Å²) in [5.74, 6) is 0.160. The largest absolute Gasteiger partial charge is 0.382 e. The van der Waals surface area contributed by atoms with Gasteiger partial charge in [-0.2, -0.15) is 0 Å². The Morgan fingerprint density at radius 1 is 1.15 bits per heavy atom. The van der Waals surface area contributed by atoms with E-state index in [-0.39, 0.29) is 5.91 Å². The second-order valence-electron chi connectivity index (χ2n) is 7.56. The Bertz CT molecular complexity index is 1350. The summed E-state index contributed by atoms with van der Waals surface area (Å²) in [6, 6.07) is 11.2. The van der Waals surface area contributed by atoms with E-state index in [4.69, 9.17) is 17.3 Å². The fourth-order valence-electron chi connectivity index (χ4n) is 3.45. The van der Waals surface area contributed by atoms with Crippen molar-refractivity contribution in [3.63, 3.8) is 0 Å². The Kier molecular flexibility index (Phi) is 6.55. The number of allylic oxidation sites excluding steroid dienone is 4. The van der Waals surface area contributed by atoms with E-state index in [1.54, 1.807) is 23.0 Å². The van der Waals surface area contributed by atoms with E-state index in [0.717, 1.165) is 16.8 Å². The van der Waals surface area contributed by atoms with Gasteiger partial charge in [0.25, 0.3) is 5.91 Å². The lowest BCUT2D eigenvalue weighted by Gasteiger charge is -2.12. The highest BCUT2D eigenvalue weighted by molar-refractivity contribution is 6.30. The quantitative estimate of drug-likeness (QED) is 0.399. The molecule has 0 aliphatic carbocycles. The zero-order valence-corrected chi connectivity index (χ0v) is 19.1. The summed E-state index contributed by atoms with van der Waals surface area (Å²) < 4.78 is 3.64. The van der Waals surface area contributed by atoms with Crippen molar-refractivity contribution >= 4 is 34.5 Å². The molecule has 9 heteroatoms. The molecule has 1 aromatic carbocycles. The number of amides is 1. The third kappa shape index (κ3) is 4.80. The number of anilines is 1. The number of hydrogen-bond donors (Lipinski definition) is 2. The van der Waals surface area contributed by atoms with Gasteiger partial charge in [-0.25, -0.2) is 15.0 Å². The first kappa shape index (κ1) is 22.3. The van der Waals surface area contributed by atoms with Gasteiger partial charge < -0.3 is 15.6 Å². The van der Waals surface area contributed by atoms with Crippen LogP contribution >= 0.6 is 11.6 Å². The molecule has 0 bridgehead atoms. The lowest BCUT2D eigenvalue weighted by Crippen LogP contribution is -2.25. The Hall–Kier alpha value is -3.91. The van der Waals surface area contributed by atoms with E-state index < -0.39 is 0 Å². The number of fused-ring (bicyclic) bond motifs is 1. The molecule has 3 aromatic heterocycles. The van der Waals surface area contributed by atoms with Crippen molar-refractivity contribution in [3.05, 3.63) is 89.3 Å². The van der Waals surface area contributed by atoms with Crippen LogP contribution in [0.3, 0.4) is 0 Å². The number of imidazole rings is 1. The highest BCUT2D eigenvalue weighted by atomic mass is 35.5. The second-order valence-corrected chi connectivity index (χ2v) is 7.95. The van der Waals surface area contributed by atoms with Crippen LogP contribution in [-0.4, -0.2) is 30.0 Å². The summed E-state index contributed by atoms with van der Waals surface area (Å²) in [6.07, 6.45) is 9.00. The number of nitrogen functional groups attached to an aromatic ring is 1. The van der Waals surface area contributed by atoms with Crippen LogP contribution in [0.2, 0.25) is 5.15 Å². The van der Waals surface area contributed by atoms with Crippen molar-refractivity contribution in [3.8, 4) is 5.69 Å². The normalized spacial score (nSPS) is 12.0. The molecular weight excluding hydrogens is 438 g/mol. The van der Waals surface area contributed by atoms with Crippen LogP contribution in [0.15, 0.2) is 72.9 Å². The van der Waals surface area contributed by atoms with Crippen molar-refractivity contribution in [2.75, 3.05) is 5.73 Å². The van der Waals surface area contributed by atoms with Gasteiger partial charge in [0.1, 0.15) is 23.5 Å². The molecule has 8 nitrogen and oxygen atoms in total. The molecule has 0 spiro atoms. The minimum atomic E-state index is -0.183. The van der Waals surface area contributed by atoms with Gasteiger partial charge in [-0.05, 0) is 43.7 Å². The molecule has 0 aliphatic heterocycles. The third-order valence-corrected chi connectivity index (χ3v) is 5.50. The molecular formula is C24H24ClN7O. The number of hydrogen-bond acceptors (Lipinski definition) is 5. The number of halogens is 1. The molecule has 3 heterocycles. The molecule has 0 radical (unpaired) electrons. The first-order valence-electron chi connectivity index (χ1n) is 10.4. The minimum absolute atomic E-state index is 0.183. The van der Waals surface area contributed by atoms with Crippen LogP contribution in [0.4, 0.5) is 5.82 Å². The molecule has 33 heavy (non-hydrogen) atoms. The number of nitrogens with one attached hydrogen (secondary N) is 1. The lowest BCUT2D eigenvalue weighted by atomic mass is 10.2. The van der Waals surface area contributed by atoms with Crippen LogP contribution in [0, 0.1) is 0 Å². The maximum absolute atomic E-state index is 12.8. The summed E-state index contributed by atoms with van der Waals surface area (Å²) >= 11 is 6.32. The van der Waals surface area contributed by atoms with Gasteiger partial charge in [0.2, 0.25) is 0 Å². The molecule has 0 fully saturated rings. The topological polar surface area (TPSA) is 104 Å². The van der Waals surface area contributed by atoms with Gasteiger partial charge >= 0.3 is 0 Å². The Balaban J connectivity index is 1.45. The predicted octanol–water partition coefficient (Wildman–Crippen LogP) is 4.31. The van der Waals surface area contributed by atoms with E-state index >= 15 is 0 Å². The molecule has 168 valence electrons. The summed E-state index contributed by atoms with van der Waals surface area (Å²) in [5, 5.41) is 3.49. The molecule has 3 N–H and O–H groups in total. The zero-order valence-electron chi connectivity index (χ0n) is 18.4. The number of benzene rings is 1. The van der Waals surface area contributed by atoms with Crippen LogP contribution in [0.1, 0.15) is 29.9 Å². The van der Waals surface area contributed by atoms with E-state index in [2.05, 4.69) is 20.3 Å². The minimum Gasteiger partial charge on any atom is -0.382 e. The first-order chi connectivity index (χ1) is 16.0. The number of carbonyl (C=O) groups is 1. The second kappa shape index (κ2) is 9.70. The molecule has 0 saturated heterocycles. The van der Waals surface area contributed by atoms with Gasteiger partial charge in [-0.15, -0.1) is 0 Å². The summed E-state index contributed by atoms with van der Waals surface area (Å²) in [4.78, 5) is 25.3. The number of nitrogens with zero attached hydrogens (tertiary/aromatic N) is 5. The van der Waals surface area contributed by atoms with E-state index in [1.807, 2.05) is 60.9 Å². The van der Waals surface area contributed by atoms with Crippen LogP contribution in [-0.2, 0) is 13.1 Å². The summed E-state index contributed by atoms with van der Waals surface area (Å²) in [5.41, 5.74) is 10.5. The molecule has 0 saturated carbocycles. The maximum atomic E-state index is 12.8. The highest BCUT2D eigenvalue weighted by Crippen LogP contribution is 2.20.